The first kappa shape index (κ1) is 28.4. The van der Waals surface area contributed by atoms with E-state index in [1.807, 2.05) is 6.92 Å². The molecule has 0 aliphatic carbocycles. The van der Waals surface area contributed by atoms with Gasteiger partial charge in [-0.25, -0.2) is 4.79 Å². The summed E-state index contributed by atoms with van der Waals surface area (Å²) in [5, 5.41) is 2.45. The van der Waals surface area contributed by atoms with Gasteiger partial charge >= 0.3 is 6.09 Å². The molecule has 0 saturated heterocycles. The minimum absolute atomic E-state index is 0.0398. The van der Waals surface area contributed by atoms with E-state index in [4.69, 9.17) is 8.92 Å². The number of nitrogens with one attached hydrogen (secondary N) is 1. The highest BCUT2D eigenvalue weighted by Crippen LogP contribution is 2.23. The Morgan fingerprint density at radius 3 is 1.83 bits per heavy atom. The molecule has 0 aromatic heterocycles. The topological polar surface area (TPSA) is 84.9 Å². The SMILES string of the molecule is CCN(CC)CC.Cc1cc(C)c(S(=O)(=O)OCCNC(=O)OC(C)(C)C)c(C)c1. The third kappa shape index (κ3) is 10.9. The number of hydrogen-bond donors (Lipinski definition) is 1. The van der Waals surface area contributed by atoms with E-state index >= 15 is 0 Å². The lowest BCUT2D eigenvalue weighted by Gasteiger charge is -2.19. The van der Waals surface area contributed by atoms with E-state index in [1.165, 1.54) is 19.6 Å². The van der Waals surface area contributed by atoms with E-state index in [-0.39, 0.29) is 18.0 Å². The van der Waals surface area contributed by atoms with E-state index in [2.05, 4.69) is 31.0 Å². The first-order chi connectivity index (χ1) is 13.8. The van der Waals surface area contributed by atoms with E-state index in [0.717, 1.165) is 5.56 Å². The second-order valence-electron chi connectivity index (χ2n) is 8.05. The maximum Gasteiger partial charge on any atom is 0.407 e. The summed E-state index contributed by atoms with van der Waals surface area (Å²) >= 11 is 0. The van der Waals surface area contributed by atoms with Gasteiger partial charge in [0.15, 0.2) is 0 Å². The van der Waals surface area contributed by atoms with Crippen LogP contribution in [0.15, 0.2) is 17.0 Å². The van der Waals surface area contributed by atoms with Crippen LogP contribution < -0.4 is 5.32 Å². The summed E-state index contributed by atoms with van der Waals surface area (Å²) in [5.41, 5.74) is 1.67. The fourth-order valence-electron chi connectivity index (χ4n) is 2.91. The highest BCUT2D eigenvalue weighted by molar-refractivity contribution is 7.86. The van der Waals surface area contributed by atoms with Crippen molar-refractivity contribution in [1.82, 2.24) is 10.2 Å². The van der Waals surface area contributed by atoms with Crippen molar-refractivity contribution in [3.63, 3.8) is 0 Å². The van der Waals surface area contributed by atoms with Gasteiger partial charge in [0.1, 0.15) is 5.60 Å². The molecule has 0 saturated carbocycles. The molecule has 1 rings (SSSR count). The molecule has 0 unspecified atom stereocenters. The Kier molecular flexibility index (Phi) is 12.2. The lowest BCUT2D eigenvalue weighted by Crippen LogP contribution is -2.34. The molecule has 174 valence electrons. The molecule has 0 aliphatic heterocycles. The van der Waals surface area contributed by atoms with Gasteiger partial charge in [-0.2, -0.15) is 8.42 Å². The molecule has 1 aromatic rings. The first-order valence-electron chi connectivity index (χ1n) is 10.4. The number of aryl methyl sites for hydroxylation is 3. The quantitative estimate of drug-likeness (QED) is 0.478. The number of amides is 1. The fraction of sp³-hybridized carbons (Fsp3) is 0.682. The Morgan fingerprint density at radius 1 is 1.00 bits per heavy atom. The Hall–Kier alpha value is -1.64. The maximum atomic E-state index is 12.3. The number of hydrogen-bond acceptors (Lipinski definition) is 6. The summed E-state index contributed by atoms with van der Waals surface area (Å²) in [5.74, 6) is 0. The zero-order valence-electron chi connectivity index (χ0n) is 20.1. The summed E-state index contributed by atoms with van der Waals surface area (Å²) in [6.45, 7) is 20.6. The number of carbonyl (C=O) groups excluding carboxylic acids is 1. The van der Waals surface area contributed by atoms with Crippen molar-refractivity contribution in [3.05, 3.63) is 28.8 Å². The van der Waals surface area contributed by atoms with Crippen LogP contribution in [0.4, 0.5) is 4.79 Å². The molecular weight excluding hydrogens is 404 g/mol. The zero-order chi connectivity index (χ0) is 23.5. The predicted octanol–water partition coefficient (Wildman–Crippen LogP) is 4.19. The van der Waals surface area contributed by atoms with Crippen molar-refractivity contribution in [2.45, 2.75) is 72.8 Å². The number of carbonyl (C=O) groups is 1. The standard InChI is InChI=1S/C16H25NO5S.C6H15N/c1-11-9-12(2)14(13(3)10-11)23(19,20)21-8-7-17-15(18)22-16(4,5)6;1-4-7(5-2)6-3/h9-10H,7-8H2,1-6H3,(H,17,18);4-6H2,1-3H3. The highest BCUT2D eigenvalue weighted by atomic mass is 32.2. The molecule has 30 heavy (non-hydrogen) atoms. The third-order valence-corrected chi connectivity index (χ3v) is 5.83. The van der Waals surface area contributed by atoms with Gasteiger partial charge in [0.25, 0.3) is 10.1 Å². The lowest BCUT2D eigenvalue weighted by atomic mass is 10.1. The second kappa shape index (κ2) is 12.9. The summed E-state index contributed by atoms with van der Waals surface area (Å²) in [6.07, 6.45) is -0.610. The van der Waals surface area contributed by atoms with Crippen LogP contribution in [0.25, 0.3) is 0 Å². The molecule has 0 radical (unpaired) electrons. The summed E-state index contributed by atoms with van der Waals surface area (Å²) < 4.78 is 34.6. The van der Waals surface area contributed by atoms with E-state index < -0.39 is 21.8 Å². The van der Waals surface area contributed by atoms with Crippen LogP contribution in [-0.4, -0.2) is 57.8 Å². The monoisotopic (exact) mass is 444 g/mol. The molecule has 0 fully saturated rings. The molecule has 1 aromatic carbocycles. The largest absolute Gasteiger partial charge is 0.444 e. The van der Waals surface area contributed by atoms with Crippen LogP contribution in [0.1, 0.15) is 58.2 Å². The van der Waals surface area contributed by atoms with Gasteiger partial charge in [0.05, 0.1) is 11.5 Å². The Labute approximate surface area is 183 Å². The minimum Gasteiger partial charge on any atom is -0.444 e. The molecule has 8 heteroatoms. The van der Waals surface area contributed by atoms with Crippen LogP contribution in [0.3, 0.4) is 0 Å². The summed E-state index contributed by atoms with van der Waals surface area (Å²) in [4.78, 5) is 14.0. The Bertz CT molecular complexity index is 738. The van der Waals surface area contributed by atoms with Crippen molar-refractivity contribution in [2.24, 2.45) is 0 Å². The van der Waals surface area contributed by atoms with Gasteiger partial charge in [0.2, 0.25) is 0 Å². The number of benzene rings is 1. The molecule has 0 spiro atoms. The van der Waals surface area contributed by atoms with Gasteiger partial charge in [0, 0.05) is 6.54 Å². The van der Waals surface area contributed by atoms with Gasteiger partial charge in [-0.05, 0) is 72.3 Å². The van der Waals surface area contributed by atoms with E-state index in [0.29, 0.717) is 11.1 Å². The molecule has 7 nitrogen and oxygen atoms in total. The molecule has 0 heterocycles. The molecule has 1 amide bonds. The normalized spacial score (nSPS) is 11.7. The Balaban J connectivity index is 0.00000103. The number of rotatable bonds is 8. The van der Waals surface area contributed by atoms with Gasteiger partial charge in [-0.3, -0.25) is 4.18 Å². The maximum absolute atomic E-state index is 12.3. The zero-order valence-corrected chi connectivity index (χ0v) is 20.9. The molecule has 0 atom stereocenters. The van der Waals surface area contributed by atoms with E-state index in [1.54, 1.807) is 46.8 Å². The van der Waals surface area contributed by atoms with Crippen LogP contribution >= 0.6 is 0 Å². The van der Waals surface area contributed by atoms with Crippen LogP contribution in [0, 0.1) is 20.8 Å². The van der Waals surface area contributed by atoms with Gasteiger partial charge < -0.3 is 15.0 Å². The first-order valence-corrected chi connectivity index (χ1v) is 11.8. The third-order valence-electron chi connectivity index (χ3n) is 4.21. The number of ether oxygens (including phenoxy) is 1. The van der Waals surface area contributed by atoms with E-state index in [9.17, 15) is 13.2 Å². The highest BCUT2D eigenvalue weighted by Gasteiger charge is 2.21. The average Bonchev–Trinajstić information content (AvgIpc) is 2.58. The van der Waals surface area contributed by atoms with Crippen molar-refractivity contribution in [2.75, 3.05) is 32.8 Å². The molecule has 0 bridgehead atoms. The minimum atomic E-state index is -3.86. The number of alkyl carbamates (subject to hydrolysis) is 1. The van der Waals surface area contributed by atoms with Gasteiger partial charge in [-0.1, -0.05) is 38.5 Å². The van der Waals surface area contributed by atoms with Crippen LogP contribution in [-0.2, 0) is 19.0 Å². The molecular formula is C22H40N2O5S. The van der Waals surface area contributed by atoms with Crippen LogP contribution in [0.2, 0.25) is 0 Å². The number of nitrogens with zero attached hydrogens (tertiary/aromatic N) is 1. The second-order valence-corrected chi connectivity index (χ2v) is 9.60. The molecule has 0 aliphatic rings. The van der Waals surface area contributed by atoms with Gasteiger partial charge in [-0.15, -0.1) is 0 Å². The fourth-order valence-corrected chi connectivity index (χ4v) is 4.24. The van der Waals surface area contributed by atoms with Crippen molar-refractivity contribution in [3.8, 4) is 0 Å². The Morgan fingerprint density at radius 2 is 1.47 bits per heavy atom. The smallest absolute Gasteiger partial charge is 0.407 e. The summed E-state index contributed by atoms with van der Waals surface area (Å²) in [7, 11) is -3.86. The average molecular weight is 445 g/mol. The van der Waals surface area contributed by atoms with Crippen molar-refractivity contribution in [1.29, 1.82) is 0 Å². The summed E-state index contributed by atoms with van der Waals surface area (Å²) in [6, 6.07) is 3.59. The van der Waals surface area contributed by atoms with Crippen molar-refractivity contribution >= 4 is 16.2 Å². The van der Waals surface area contributed by atoms with Crippen molar-refractivity contribution < 1.29 is 22.1 Å². The predicted molar refractivity (Wildman–Crippen MR) is 121 cm³/mol. The van der Waals surface area contributed by atoms with Crippen LogP contribution in [0.5, 0.6) is 0 Å². The lowest BCUT2D eigenvalue weighted by molar-refractivity contribution is 0.0520. The molecule has 1 N–H and O–H groups in total.